The largest absolute Gasteiger partial charge is 0.524 e. The number of phosphoric ester groups is 1. The van der Waals surface area contributed by atoms with Crippen LogP contribution in [0.1, 0.15) is 12.5 Å². The van der Waals surface area contributed by atoms with E-state index in [0.717, 1.165) is 5.56 Å². The van der Waals surface area contributed by atoms with Crippen LogP contribution in [0.25, 0.3) is 0 Å². The van der Waals surface area contributed by atoms with E-state index < -0.39 is 7.82 Å². The second-order valence-corrected chi connectivity index (χ2v) is 4.96. The molecule has 0 unspecified atom stereocenters. The van der Waals surface area contributed by atoms with Crippen LogP contribution in [0.3, 0.4) is 0 Å². The van der Waals surface area contributed by atoms with Gasteiger partial charge in [0.15, 0.2) is 0 Å². The molecule has 0 saturated heterocycles. The SMILES string of the molecule is C=C(C)C(=O)Nc1cc(OP(=O)(O)O)ccc1C. The highest BCUT2D eigenvalue weighted by Crippen LogP contribution is 2.38. The Morgan fingerprint density at radius 2 is 2.06 bits per heavy atom. The fourth-order valence-corrected chi connectivity index (χ4v) is 1.55. The molecule has 0 bridgehead atoms. The Bertz CT molecular complexity index is 534. The average Bonchev–Trinajstić information content (AvgIpc) is 2.20. The molecular weight excluding hydrogens is 257 g/mol. The van der Waals surface area contributed by atoms with E-state index in [1.54, 1.807) is 19.9 Å². The summed E-state index contributed by atoms with van der Waals surface area (Å²) >= 11 is 0. The van der Waals surface area contributed by atoms with Gasteiger partial charge in [0.25, 0.3) is 5.91 Å². The number of hydrogen-bond donors (Lipinski definition) is 3. The molecule has 7 heteroatoms. The van der Waals surface area contributed by atoms with Gasteiger partial charge in [-0.2, -0.15) is 0 Å². The van der Waals surface area contributed by atoms with Crippen LogP contribution < -0.4 is 9.84 Å². The first-order chi connectivity index (χ1) is 8.19. The Labute approximate surface area is 105 Å². The van der Waals surface area contributed by atoms with Crippen LogP contribution in [0.5, 0.6) is 5.75 Å². The summed E-state index contributed by atoms with van der Waals surface area (Å²) in [6, 6.07) is 4.33. The number of benzene rings is 1. The smallest absolute Gasteiger partial charge is 0.404 e. The third-order valence-electron chi connectivity index (χ3n) is 2.07. The van der Waals surface area contributed by atoms with Crippen molar-refractivity contribution in [3.63, 3.8) is 0 Å². The van der Waals surface area contributed by atoms with Gasteiger partial charge in [-0.15, -0.1) is 0 Å². The minimum absolute atomic E-state index is 0.0223. The van der Waals surface area contributed by atoms with E-state index in [4.69, 9.17) is 9.79 Å². The predicted octanol–water partition coefficient (Wildman–Crippen LogP) is 1.98. The Balaban J connectivity index is 2.98. The molecule has 0 spiro atoms. The summed E-state index contributed by atoms with van der Waals surface area (Å²) in [5.74, 6) is -0.391. The minimum Gasteiger partial charge on any atom is -0.404 e. The van der Waals surface area contributed by atoms with Crippen molar-refractivity contribution in [1.82, 2.24) is 0 Å². The van der Waals surface area contributed by atoms with Gasteiger partial charge in [-0.3, -0.25) is 14.6 Å². The lowest BCUT2D eigenvalue weighted by atomic mass is 10.2. The van der Waals surface area contributed by atoms with Crippen molar-refractivity contribution in [2.45, 2.75) is 13.8 Å². The zero-order valence-electron chi connectivity index (χ0n) is 10.0. The molecule has 3 N–H and O–H groups in total. The number of nitrogens with one attached hydrogen (secondary N) is 1. The molecule has 0 atom stereocenters. The van der Waals surface area contributed by atoms with Crippen molar-refractivity contribution >= 4 is 19.4 Å². The first-order valence-corrected chi connectivity index (χ1v) is 6.55. The summed E-state index contributed by atoms with van der Waals surface area (Å²) in [5, 5.41) is 2.56. The summed E-state index contributed by atoms with van der Waals surface area (Å²) < 4.78 is 15.1. The fourth-order valence-electron chi connectivity index (χ4n) is 1.16. The predicted molar refractivity (Wildman–Crippen MR) is 67.3 cm³/mol. The van der Waals surface area contributed by atoms with Crippen LogP contribution >= 0.6 is 7.82 Å². The van der Waals surface area contributed by atoms with E-state index in [1.807, 2.05) is 0 Å². The molecule has 1 rings (SSSR count). The molecule has 0 fully saturated rings. The topological polar surface area (TPSA) is 95.9 Å². The van der Waals surface area contributed by atoms with E-state index in [1.165, 1.54) is 12.1 Å². The van der Waals surface area contributed by atoms with Crippen molar-refractivity contribution in [3.05, 3.63) is 35.9 Å². The molecule has 6 nitrogen and oxygen atoms in total. The van der Waals surface area contributed by atoms with Crippen LogP contribution in [0.4, 0.5) is 5.69 Å². The Hall–Kier alpha value is -1.62. The van der Waals surface area contributed by atoms with Crippen molar-refractivity contribution in [2.75, 3.05) is 5.32 Å². The second kappa shape index (κ2) is 5.35. The van der Waals surface area contributed by atoms with Gasteiger partial charge < -0.3 is 9.84 Å². The Kier molecular flexibility index (Phi) is 4.29. The number of phosphoric acid groups is 1. The van der Waals surface area contributed by atoms with Gasteiger partial charge in [0.05, 0.1) is 0 Å². The van der Waals surface area contributed by atoms with Crippen LogP contribution in [0.15, 0.2) is 30.4 Å². The molecule has 1 aromatic carbocycles. The van der Waals surface area contributed by atoms with E-state index in [0.29, 0.717) is 11.3 Å². The van der Waals surface area contributed by atoms with Gasteiger partial charge in [0.2, 0.25) is 0 Å². The number of hydrogen-bond acceptors (Lipinski definition) is 3. The first kappa shape index (κ1) is 14.4. The van der Waals surface area contributed by atoms with E-state index in [-0.39, 0.29) is 11.7 Å². The summed E-state index contributed by atoms with van der Waals surface area (Å²) in [6.45, 7) is 6.80. The van der Waals surface area contributed by atoms with Gasteiger partial charge in [-0.1, -0.05) is 12.6 Å². The molecule has 18 heavy (non-hydrogen) atoms. The first-order valence-electron chi connectivity index (χ1n) is 5.01. The number of amides is 1. The molecule has 1 aromatic rings. The highest BCUT2D eigenvalue weighted by atomic mass is 31.2. The molecule has 1 amide bonds. The highest BCUT2D eigenvalue weighted by molar-refractivity contribution is 7.46. The van der Waals surface area contributed by atoms with Gasteiger partial charge in [-0.05, 0) is 25.5 Å². The third kappa shape index (κ3) is 4.33. The van der Waals surface area contributed by atoms with Crippen LogP contribution in [-0.4, -0.2) is 15.7 Å². The van der Waals surface area contributed by atoms with Gasteiger partial charge >= 0.3 is 7.82 Å². The highest BCUT2D eigenvalue weighted by Gasteiger charge is 2.16. The van der Waals surface area contributed by atoms with Crippen LogP contribution in [-0.2, 0) is 9.36 Å². The minimum atomic E-state index is -4.61. The number of rotatable bonds is 4. The monoisotopic (exact) mass is 271 g/mol. The zero-order chi connectivity index (χ0) is 13.9. The van der Waals surface area contributed by atoms with Crippen LogP contribution in [0, 0.1) is 6.92 Å². The van der Waals surface area contributed by atoms with Gasteiger partial charge in [-0.25, -0.2) is 4.57 Å². The Morgan fingerprint density at radius 3 is 2.56 bits per heavy atom. The standard InChI is InChI=1S/C11H14NO5P/c1-7(2)11(13)12-10-6-9(5-4-8(10)3)17-18(14,15)16/h4-6H,1H2,2-3H3,(H,12,13)(H2,14,15,16). The van der Waals surface area contributed by atoms with Crippen molar-refractivity contribution in [3.8, 4) is 5.75 Å². The molecule has 0 heterocycles. The second-order valence-electron chi connectivity index (χ2n) is 3.79. The number of anilines is 1. The average molecular weight is 271 g/mol. The quantitative estimate of drug-likeness (QED) is 0.574. The molecule has 0 aliphatic carbocycles. The fraction of sp³-hybridized carbons (Fsp3) is 0.182. The number of carbonyl (C=O) groups is 1. The van der Waals surface area contributed by atoms with E-state index in [9.17, 15) is 9.36 Å². The van der Waals surface area contributed by atoms with E-state index in [2.05, 4.69) is 16.4 Å². The summed E-state index contributed by atoms with van der Waals surface area (Å²) in [7, 11) is -4.61. The number of aryl methyl sites for hydroxylation is 1. The maximum atomic E-state index is 11.5. The number of carbonyl (C=O) groups excluding carboxylic acids is 1. The lowest BCUT2D eigenvalue weighted by Crippen LogP contribution is -2.12. The van der Waals surface area contributed by atoms with Crippen molar-refractivity contribution in [1.29, 1.82) is 0 Å². The lowest BCUT2D eigenvalue weighted by molar-refractivity contribution is -0.112. The van der Waals surface area contributed by atoms with Crippen LogP contribution in [0.2, 0.25) is 0 Å². The van der Waals surface area contributed by atoms with Gasteiger partial charge in [0.1, 0.15) is 5.75 Å². The van der Waals surface area contributed by atoms with E-state index >= 15 is 0 Å². The molecule has 0 saturated carbocycles. The molecule has 0 radical (unpaired) electrons. The summed E-state index contributed by atoms with van der Waals surface area (Å²) in [6.07, 6.45) is 0. The summed E-state index contributed by atoms with van der Waals surface area (Å²) in [5.41, 5.74) is 1.48. The zero-order valence-corrected chi connectivity index (χ0v) is 10.9. The van der Waals surface area contributed by atoms with Crippen molar-refractivity contribution < 1.29 is 23.7 Å². The summed E-state index contributed by atoms with van der Waals surface area (Å²) in [4.78, 5) is 28.8. The Morgan fingerprint density at radius 1 is 1.44 bits per heavy atom. The normalized spacial score (nSPS) is 10.9. The molecule has 0 aliphatic heterocycles. The molecule has 0 aliphatic rings. The van der Waals surface area contributed by atoms with Crippen molar-refractivity contribution in [2.24, 2.45) is 0 Å². The molecular formula is C11H14NO5P. The lowest BCUT2D eigenvalue weighted by Gasteiger charge is -2.11. The van der Waals surface area contributed by atoms with Gasteiger partial charge in [0, 0.05) is 17.3 Å². The molecule has 0 aromatic heterocycles. The third-order valence-corrected chi connectivity index (χ3v) is 2.52. The maximum Gasteiger partial charge on any atom is 0.524 e. The maximum absolute atomic E-state index is 11.5. The molecule has 98 valence electrons.